The molecule has 1 amide bonds. The van der Waals surface area contributed by atoms with Crippen LogP contribution in [0.4, 0.5) is 0 Å². The van der Waals surface area contributed by atoms with Crippen molar-refractivity contribution in [2.75, 3.05) is 7.05 Å². The summed E-state index contributed by atoms with van der Waals surface area (Å²) in [5.74, 6) is 1.15. The lowest BCUT2D eigenvalue weighted by Gasteiger charge is -2.25. The molecule has 1 saturated heterocycles. The standard InChI is InChI=1S/C15H22N6O/c1-4-21-8-7-16-13(21)10-17-11-9-14(22)19(2)15(11)12-5-6-18-20(12)3/h5-8,11,15,17H,4,9-10H2,1-3H3/t11-,15-/m1/s1. The second-order valence-electron chi connectivity index (χ2n) is 5.65. The molecule has 1 aliphatic heterocycles. The topological polar surface area (TPSA) is 68.0 Å². The number of likely N-dealkylation sites (N-methyl/N-ethyl adjacent to an activating group) is 1. The fraction of sp³-hybridized carbons (Fsp3) is 0.533. The number of hydrogen-bond acceptors (Lipinski definition) is 4. The number of rotatable bonds is 5. The molecule has 0 aromatic carbocycles. The van der Waals surface area contributed by atoms with Crippen LogP contribution in [0, 0.1) is 0 Å². The molecule has 2 aromatic heterocycles. The van der Waals surface area contributed by atoms with Gasteiger partial charge in [-0.2, -0.15) is 5.10 Å². The van der Waals surface area contributed by atoms with Gasteiger partial charge in [0.1, 0.15) is 5.82 Å². The number of likely N-dealkylation sites (tertiary alicyclic amines) is 1. The molecule has 2 atom stereocenters. The van der Waals surface area contributed by atoms with E-state index in [0.717, 1.165) is 18.1 Å². The summed E-state index contributed by atoms with van der Waals surface area (Å²) >= 11 is 0. The molecular weight excluding hydrogens is 280 g/mol. The first-order valence-corrected chi connectivity index (χ1v) is 7.58. The minimum absolute atomic E-state index is 0.00467. The van der Waals surface area contributed by atoms with Crippen molar-refractivity contribution in [1.29, 1.82) is 0 Å². The lowest BCUT2D eigenvalue weighted by molar-refractivity contribution is -0.127. The highest BCUT2D eigenvalue weighted by Gasteiger charge is 2.39. The number of hydrogen-bond donors (Lipinski definition) is 1. The number of aromatic nitrogens is 4. The Kier molecular flexibility index (Phi) is 3.98. The number of nitrogens with zero attached hydrogens (tertiary/aromatic N) is 5. The van der Waals surface area contributed by atoms with E-state index in [0.29, 0.717) is 13.0 Å². The normalized spacial score (nSPS) is 21.8. The molecule has 1 N–H and O–H groups in total. The molecule has 7 nitrogen and oxygen atoms in total. The Morgan fingerprint density at radius 2 is 2.18 bits per heavy atom. The molecule has 2 aromatic rings. The third kappa shape index (κ3) is 2.52. The van der Waals surface area contributed by atoms with Crippen molar-refractivity contribution in [3.05, 3.63) is 36.2 Å². The van der Waals surface area contributed by atoms with E-state index >= 15 is 0 Å². The zero-order chi connectivity index (χ0) is 15.7. The fourth-order valence-electron chi connectivity index (χ4n) is 3.15. The molecule has 0 saturated carbocycles. The van der Waals surface area contributed by atoms with Gasteiger partial charge in [-0.05, 0) is 13.0 Å². The van der Waals surface area contributed by atoms with Crippen molar-refractivity contribution in [2.24, 2.45) is 7.05 Å². The van der Waals surface area contributed by atoms with Gasteiger partial charge in [-0.3, -0.25) is 9.48 Å². The Morgan fingerprint density at radius 3 is 2.86 bits per heavy atom. The molecule has 0 bridgehead atoms. The number of nitrogens with one attached hydrogen (secondary N) is 1. The maximum atomic E-state index is 12.1. The van der Waals surface area contributed by atoms with E-state index in [-0.39, 0.29) is 18.0 Å². The molecule has 3 rings (SSSR count). The minimum atomic E-state index is 0.00467. The second kappa shape index (κ2) is 5.92. The van der Waals surface area contributed by atoms with Gasteiger partial charge < -0.3 is 14.8 Å². The molecular formula is C15H22N6O. The van der Waals surface area contributed by atoms with Crippen LogP contribution in [0.3, 0.4) is 0 Å². The fourth-order valence-corrected chi connectivity index (χ4v) is 3.15. The summed E-state index contributed by atoms with van der Waals surface area (Å²) in [5, 5.41) is 7.73. The third-order valence-electron chi connectivity index (χ3n) is 4.41. The van der Waals surface area contributed by atoms with Gasteiger partial charge in [-0.25, -0.2) is 4.98 Å². The van der Waals surface area contributed by atoms with Gasteiger partial charge in [-0.1, -0.05) is 0 Å². The van der Waals surface area contributed by atoms with Crippen molar-refractivity contribution in [2.45, 2.75) is 38.5 Å². The van der Waals surface area contributed by atoms with Crippen LogP contribution in [0.1, 0.15) is 30.9 Å². The summed E-state index contributed by atoms with van der Waals surface area (Å²) in [6.45, 7) is 3.64. The van der Waals surface area contributed by atoms with Crippen molar-refractivity contribution >= 4 is 5.91 Å². The van der Waals surface area contributed by atoms with E-state index in [1.807, 2.05) is 37.2 Å². The number of carbonyl (C=O) groups excluding carboxylic acids is 1. The molecule has 1 fully saturated rings. The predicted octanol–water partition coefficient (Wildman–Crippen LogP) is 0.698. The Morgan fingerprint density at radius 1 is 1.36 bits per heavy atom. The van der Waals surface area contributed by atoms with Crippen molar-refractivity contribution in [3.63, 3.8) is 0 Å². The van der Waals surface area contributed by atoms with Gasteiger partial charge >= 0.3 is 0 Å². The molecule has 7 heteroatoms. The minimum Gasteiger partial charge on any atom is -0.336 e. The van der Waals surface area contributed by atoms with Gasteiger partial charge in [0, 0.05) is 51.7 Å². The maximum Gasteiger partial charge on any atom is 0.224 e. The molecule has 0 radical (unpaired) electrons. The Labute approximate surface area is 129 Å². The van der Waals surface area contributed by atoms with Gasteiger partial charge in [0.2, 0.25) is 5.91 Å². The highest BCUT2D eigenvalue weighted by molar-refractivity contribution is 5.80. The third-order valence-corrected chi connectivity index (χ3v) is 4.41. The smallest absolute Gasteiger partial charge is 0.224 e. The van der Waals surface area contributed by atoms with Gasteiger partial charge in [0.25, 0.3) is 0 Å². The molecule has 0 aliphatic carbocycles. The first-order chi connectivity index (χ1) is 10.6. The van der Waals surface area contributed by atoms with Crippen molar-refractivity contribution < 1.29 is 4.79 Å². The summed E-state index contributed by atoms with van der Waals surface area (Å²) in [7, 11) is 3.77. The van der Waals surface area contributed by atoms with Gasteiger partial charge in [0.15, 0.2) is 0 Å². The van der Waals surface area contributed by atoms with Crippen LogP contribution in [-0.2, 0) is 24.9 Å². The summed E-state index contributed by atoms with van der Waals surface area (Å²) in [6, 6.07) is 2.04. The van der Waals surface area contributed by atoms with E-state index < -0.39 is 0 Å². The first kappa shape index (κ1) is 14.8. The van der Waals surface area contributed by atoms with Crippen molar-refractivity contribution in [1.82, 2.24) is 29.5 Å². The first-order valence-electron chi connectivity index (χ1n) is 7.58. The molecule has 3 heterocycles. The van der Waals surface area contributed by atoms with Gasteiger partial charge in [0.05, 0.1) is 18.3 Å². The highest BCUT2D eigenvalue weighted by atomic mass is 16.2. The molecule has 0 spiro atoms. The number of aryl methyl sites for hydroxylation is 2. The monoisotopic (exact) mass is 302 g/mol. The number of imidazole rings is 1. The van der Waals surface area contributed by atoms with Crippen LogP contribution in [-0.4, -0.2) is 43.2 Å². The summed E-state index contributed by atoms with van der Waals surface area (Å²) in [4.78, 5) is 18.3. The number of amides is 1. The van der Waals surface area contributed by atoms with E-state index in [1.165, 1.54) is 0 Å². The molecule has 118 valence electrons. The predicted molar refractivity (Wildman–Crippen MR) is 81.9 cm³/mol. The molecule has 1 aliphatic rings. The van der Waals surface area contributed by atoms with Crippen LogP contribution in [0.2, 0.25) is 0 Å². The summed E-state index contributed by atoms with van der Waals surface area (Å²) in [5.41, 5.74) is 1.05. The number of carbonyl (C=O) groups is 1. The summed E-state index contributed by atoms with van der Waals surface area (Å²) in [6.07, 6.45) is 6.05. The van der Waals surface area contributed by atoms with E-state index in [2.05, 4.69) is 26.9 Å². The SMILES string of the molecule is CCn1ccnc1CN[C@@H]1CC(=O)N(C)[C@H]1c1ccnn1C. The molecule has 22 heavy (non-hydrogen) atoms. The Bertz CT molecular complexity index is 661. The quantitative estimate of drug-likeness (QED) is 0.883. The largest absolute Gasteiger partial charge is 0.336 e. The van der Waals surface area contributed by atoms with E-state index in [1.54, 1.807) is 11.1 Å². The van der Waals surface area contributed by atoms with Crippen LogP contribution in [0.15, 0.2) is 24.7 Å². The maximum absolute atomic E-state index is 12.1. The highest BCUT2D eigenvalue weighted by Crippen LogP contribution is 2.31. The lowest BCUT2D eigenvalue weighted by Crippen LogP contribution is -2.36. The Balaban J connectivity index is 1.77. The zero-order valence-electron chi connectivity index (χ0n) is 13.2. The lowest BCUT2D eigenvalue weighted by atomic mass is 10.1. The Hall–Kier alpha value is -2.15. The van der Waals surface area contributed by atoms with Crippen LogP contribution in [0.25, 0.3) is 0 Å². The zero-order valence-corrected chi connectivity index (χ0v) is 13.2. The van der Waals surface area contributed by atoms with Crippen LogP contribution >= 0.6 is 0 Å². The average Bonchev–Trinajstić information content (AvgIpc) is 3.18. The van der Waals surface area contributed by atoms with E-state index in [9.17, 15) is 4.79 Å². The van der Waals surface area contributed by atoms with Gasteiger partial charge in [-0.15, -0.1) is 0 Å². The van der Waals surface area contributed by atoms with E-state index in [4.69, 9.17) is 0 Å². The van der Waals surface area contributed by atoms with Crippen LogP contribution < -0.4 is 5.32 Å². The average molecular weight is 302 g/mol. The molecule has 0 unspecified atom stereocenters. The second-order valence-corrected chi connectivity index (χ2v) is 5.65. The summed E-state index contributed by atoms with van der Waals surface area (Å²) < 4.78 is 3.94. The van der Waals surface area contributed by atoms with Crippen LogP contribution in [0.5, 0.6) is 0 Å². The van der Waals surface area contributed by atoms with Crippen molar-refractivity contribution in [3.8, 4) is 0 Å².